The average Bonchev–Trinajstić information content (AvgIpc) is 1.54. The topological polar surface area (TPSA) is 37.3 Å². The van der Waals surface area contributed by atoms with Gasteiger partial charge in [-0.25, -0.2) is 4.79 Å². The average molecular weight is 172 g/mol. The molecule has 0 aromatic heterocycles. The van der Waals surface area contributed by atoms with E-state index in [0.29, 0.717) is 5.57 Å². The van der Waals surface area contributed by atoms with Crippen molar-refractivity contribution in [3.8, 4) is 0 Å². The molecule has 0 heterocycles. The van der Waals surface area contributed by atoms with Crippen LogP contribution in [0, 0.1) is 0 Å². The maximum Gasteiger partial charge on any atom is 0.331 e. The van der Waals surface area contributed by atoms with Crippen LogP contribution < -0.4 is 0 Å². The molecule has 11 heavy (non-hydrogen) atoms. The fraction of sp³-hybridized carbons (Fsp3) is 0.625. The number of aliphatic carboxylic acids is 1. The first-order chi connectivity index (χ1) is 4.76. The molecule has 0 radical (unpaired) electrons. The largest absolute Gasteiger partial charge is 0.478 e. The Hall–Kier alpha value is -0.573. The number of hydrogen-bond acceptors (Lipinski definition) is 1. The number of hydrogen-bond donors (Lipinski definition) is 1. The Labute approximate surface area is 70.7 Å². The van der Waals surface area contributed by atoms with E-state index in [9.17, 15) is 4.79 Å². The van der Waals surface area contributed by atoms with Gasteiger partial charge < -0.3 is 5.11 Å². The molecule has 64 valence electrons. The number of rotatable bonds is 2. The smallest absolute Gasteiger partial charge is 0.331 e. The van der Waals surface area contributed by atoms with Gasteiger partial charge in [-0.3, -0.25) is 0 Å². The zero-order valence-electron chi connectivity index (χ0n) is 7.86. The lowest BCUT2D eigenvalue weighted by molar-refractivity contribution is -0.133. The van der Waals surface area contributed by atoms with Crippen LogP contribution in [0.2, 0.25) is 5.04 Å². The van der Waals surface area contributed by atoms with E-state index in [1.807, 2.05) is 27.7 Å². The van der Waals surface area contributed by atoms with Crippen LogP contribution in [-0.4, -0.2) is 21.3 Å². The van der Waals surface area contributed by atoms with Crippen LogP contribution in [0.4, 0.5) is 0 Å². The molecule has 0 amide bonds. The molecule has 0 saturated heterocycles. The third-order valence-corrected chi connectivity index (χ3v) is 1.96. The van der Waals surface area contributed by atoms with Crippen molar-refractivity contribution in [3.05, 3.63) is 11.1 Å². The summed E-state index contributed by atoms with van der Waals surface area (Å²) in [5.74, 6) is -0.773. The number of carboxylic acid groups (broad SMARTS) is 1. The van der Waals surface area contributed by atoms with Crippen molar-refractivity contribution < 1.29 is 9.90 Å². The Bertz CT molecular complexity index is 195. The fourth-order valence-electron chi connectivity index (χ4n) is 1.28. The summed E-state index contributed by atoms with van der Waals surface area (Å²) in [4.78, 5) is 10.8. The molecule has 0 bridgehead atoms. The van der Waals surface area contributed by atoms with Gasteiger partial charge in [0.1, 0.15) is 0 Å². The molecule has 2 nitrogen and oxygen atoms in total. The molecule has 1 N–H and O–H groups in total. The van der Waals surface area contributed by atoms with E-state index in [1.54, 1.807) is 0 Å². The fourth-order valence-corrected chi connectivity index (χ4v) is 2.00. The minimum Gasteiger partial charge on any atom is -0.478 e. The van der Waals surface area contributed by atoms with Crippen LogP contribution in [-0.2, 0) is 4.79 Å². The molecule has 0 aliphatic heterocycles. The highest BCUT2D eigenvalue weighted by atomic mass is 28.1. The highest BCUT2D eigenvalue weighted by Gasteiger charge is 2.23. The lowest BCUT2D eigenvalue weighted by Gasteiger charge is -2.20. The van der Waals surface area contributed by atoms with Crippen molar-refractivity contribution >= 4 is 16.2 Å². The van der Waals surface area contributed by atoms with Crippen molar-refractivity contribution in [1.29, 1.82) is 0 Å². The van der Waals surface area contributed by atoms with E-state index >= 15 is 0 Å². The Morgan fingerprint density at radius 3 is 1.73 bits per heavy atom. The van der Waals surface area contributed by atoms with E-state index in [0.717, 1.165) is 15.8 Å². The second-order valence-corrected chi connectivity index (χ2v) is 6.43. The molecule has 0 aromatic rings. The van der Waals surface area contributed by atoms with Crippen molar-refractivity contribution in [2.45, 2.75) is 32.7 Å². The van der Waals surface area contributed by atoms with Crippen LogP contribution in [0.1, 0.15) is 27.7 Å². The summed E-state index contributed by atoms with van der Waals surface area (Å²) in [6.07, 6.45) is 0. The van der Waals surface area contributed by atoms with Gasteiger partial charge in [0.2, 0.25) is 0 Å². The Morgan fingerprint density at radius 1 is 1.36 bits per heavy atom. The van der Waals surface area contributed by atoms with Crippen molar-refractivity contribution in [2.75, 3.05) is 0 Å². The van der Waals surface area contributed by atoms with Crippen LogP contribution >= 0.6 is 0 Å². The van der Waals surface area contributed by atoms with Gasteiger partial charge in [0.05, 0.1) is 0 Å². The monoisotopic (exact) mass is 172 g/mol. The summed E-state index contributed by atoms with van der Waals surface area (Å²) < 4.78 is 0. The van der Waals surface area contributed by atoms with Crippen LogP contribution in [0.5, 0.6) is 0 Å². The lowest BCUT2D eigenvalue weighted by atomic mass is 9.98. The van der Waals surface area contributed by atoms with Gasteiger partial charge in [0, 0.05) is 15.8 Å². The third kappa shape index (κ3) is 2.88. The van der Waals surface area contributed by atoms with E-state index in [4.69, 9.17) is 5.11 Å². The molecular weight excluding hydrogens is 156 g/mol. The second-order valence-electron chi connectivity index (χ2n) is 3.93. The van der Waals surface area contributed by atoms with Gasteiger partial charge in [0.25, 0.3) is 0 Å². The van der Waals surface area contributed by atoms with Crippen LogP contribution in [0.3, 0.4) is 0 Å². The predicted molar refractivity (Wildman–Crippen MR) is 50.0 cm³/mol. The van der Waals surface area contributed by atoms with Gasteiger partial charge in [-0.05, 0) is 18.9 Å². The second kappa shape index (κ2) is 3.22. The maximum absolute atomic E-state index is 10.8. The van der Waals surface area contributed by atoms with Crippen molar-refractivity contribution in [3.63, 3.8) is 0 Å². The first kappa shape index (κ1) is 10.4. The van der Waals surface area contributed by atoms with Crippen molar-refractivity contribution in [1.82, 2.24) is 0 Å². The zero-order chi connectivity index (χ0) is 9.23. The third-order valence-electron chi connectivity index (χ3n) is 1.46. The minimum absolute atomic E-state index is 0.120. The quantitative estimate of drug-likeness (QED) is 0.498. The number of carbonyl (C=O) groups is 1. The highest BCUT2D eigenvalue weighted by molar-refractivity contribution is 6.20. The van der Waals surface area contributed by atoms with Gasteiger partial charge in [-0.2, -0.15) is 0 Å². The minimum atomic E-state index is -0.773. The van der Waals surface area contributed by atoms with Gasteiger partial charge in [0.15, 0.2) is 0 Å². The normalized spacial score (nSPS) is 11.3. The molecule has 0 aliphatic carbocycles. The Kier molecular flexibility index (Phi) is 3.05. The first-order valence-corrected chi connectivity index (χ1v) is 4.68. The molecule has 0 unspecified atom stereocenters. The number of allylic oxidation sites excluding steroid dienone is 1. The molecule has 0 rings (SSSR count). The van der Waals surface area contributed by atoms with Gasteiger partial charge in [-0.1, -0.05) is 19.4 Å². The summed E-state index contributed by atoms with van der Waals surface area (Å²) >= 11 is 0. The summed E-state index contributed by atoms with van der Waals surface area (Å²) in [5.41, 5.74) is 1.49. The highest BCUT2D eigenvalue weighted by Crippen LogP contribution is 2.31. The van der Waals surface area contributed by atoms with E-state index in [2.05, 4.69) is 0 Å². The Morgan fingerprint density at radius 2 is 1.73 bits per heavy atom. The summed E-state index contributed by atoms with van der Waals surface area (Å²) in [7, 11) is 0.868. The molecule has 0 fully saturated rings. The number of carboxylic acids is 1. The molecule has 3 heteroatoms. The zero-order valence-corrected chi connectivity index (χ0v) is 9.86. The molecule has 0 atom stereocenters. The van der Waals surface area contributed by atoms with Gasteiger partial charge in [-0.15, -0.1) is 0 Å². The summed E-state index contributed by atoms with van der Waals surface area (Å²) in [5, 5.41) is 8.72. The van der Waals surface area contributed by atoms with Crippen molar-refractivity contribution in [2.24, 2.45) is 0 Å². The van der Waals surface area contributed by atoms with Gasteiger partial charge >= 0.3 is 5.97 Å². The van der Waals surface area contributed by atoms with E-state index in [1.165, 1.54) is 0 Å². The van der Waals surface area contributed by atoms with Crippen LogP contribution in [0.15, 0.2) is 11.1 Å². The molecular formula is C8H16O2Si. The molecule has 0 spiro atoms. The molecule has 0 aromatic carbocycles. The standard InChI is InChI=1S/C8H16O2Si/c1-5(2)6(7(9)10)8(3,4)11/h1-4,11H3,(H,9,10). The predicted octanol–water partition coefficient (Wildman–Crippen LogP) is 0.971. The van der Waals surface area contributed by atoms with E-state index in [-0.39, 0.29) is 5.04 Å². The lowest BCUT2D eigenvalue weighted by Crippen LogP contribution is -2.16. The van der Waals surface area contributed by atoms with E-state index < -0.39 is 5.97 Å². The summed E-state index contributed by atoms with van der Waals surface area (Å²) in [6, 6.07) is 0. The van der Waals surface area contributed by atoms with Crippen LogP contribution in [0.25, 0.3) is 0 Å². The maximum atomic E-state index is 10.8. The SMILES string of the molecule is CC(C)=C(C(=O)O)C(C)(C)[SiH3]. The molecule has 0 saturated carbocycles. The molecule has 0 aliphatic rings. The summed E-state index contributed by atoms with van der Waals surface area (Å²) in [6.45, 7) is 7.64. The first-order valence-electron chi connectivity index (χ1n) is 3.68. The Balaban J connectivity index is 4.96.